The maximum atomic E-state index is 12.1. The molecule has 1 aliphatic heterocycles. The third-order valence-corrected chi connectivity index (χ3v) is 3.68. The molecule has 21 heavy (non-hydrogen) atoms. The van der Waals surface area contributed by atoms with E-state index in [1.807, 2.05) is 31.2 Å². The number of nitrogens with zero attached hydrogens (tertiary/aromatic N) is 1. The van der Waals surface area contributed by atoms with Crippen LogP contribution < -0.4 is 5.32 Å². The van der Waals surface area contributed by atoms with Crippen LogP contribution in [-0.2, 0) is 4.74 Å². The third-order valence-electron chi connectivity index (χ3n) is 3.68. The predicted molar refractivity (Wildman–Crippen MR) is 80.1 cm³/mol. The number of H-pyrrole nitrogens is 1. The lowest BCUT2D eigenvalue weighted by Crippen LogP contribution is -2.31. The Morgan fingerprint density at radius 1 is 1.43 bits per heavy atom. The number of benzene rings is 1. The zero-order chi connectivity index (χ0) is 14.7. The molecule has 0 unspecified atom stereocenters. The highest BCUT2D eigenvalue weighted by molar-refractivity contribution is 5.93. The summed E-state index contributed by atoms with van der Waals surface area (Å²) in [5, 5.41) is 9.87. The highest BCUT2D eigenvalue weighted by Gasteiger charge is 2.17. The van der Waals surface area contributed by atoms with Crippen molar-refractivity contribution in [3.63, 3.8) is 0 Å². The van der Waals surface area contributed by atoms with Crippen LogP contribution in [0.25, 0.3) is 11.3 Å². The fraction of sp³-hybridized carbons (Fsp3) is 0.375. The van der Waals surface area contributed by atoms with Crippen molar-refractivity contribution in [2.24, 2.45) is 0 Å². The molecular weight excluding hydrogens is 266 g/mol. The highest BCUT2D eigenvalue weighted by Crippen LogP contribution is 2.18. The Balaban J connectivity index is 1.63. The molecule has 110 valence electrons. The largest absolute Gasteiger partial charge is 0.376 e. The second-order valence-corrected chi connectivity index (χ2v) is 5.38. The summed E-state index contributed by atoms with van der Waals surface area (Å²) in [6.07, 6.45) is 2.23. The Morgan fingerprint density at radius 2 is 2.24 bits per heavy atom. The fourth-order valence-electron chi connectivity index (χ4n) is 2.42. The van der Waals surface area contributed by atoms with Crippen molar-refractivity contribution >= 4 is 5.91 Å². The Morgan fingerprint density at radius 3 is 2.95 bits per heavy atom. The minimum absolute atomic E-state index is 0.142. The van der Waals surface area contributed by atoms with E-state index in [1.54, 1.807) is 6.07 Å². The molecule has 1 fully saturated rings. The van der Waals surface area contributed by atoms with Gasteiger partial charge in [-0.3, -0.25) is 9.89 Å². The van der Waals surface area contributed by atoms with Gasteiger partial charge in [-0.1, -0.05) is 29.8 Å². The predicted octanol–water partition coefficient (Wildman–Crippen LogP) is 2.29. The molecule has 0 spiro atoms. The summed E-state index contributed by atoms with van der Waals surface area (Å²) in [6, 6.07) is 9.83. The molecule has 2 aromatic rings. The number of hydrogen-bond donors (Lipinski definition) is 2. The molecule has 1 aliphatic rings. The van der Waals surface area contributed by atoms with Gasteiger partial charge < -0.3 is 10.1 Å². The fourth-order valence-corrected chi connectivity index (χ4v) is 2.42. The average molecular weight is 285 g/mol. The van der Waals surface area contributed by atoms with E-state index in [2.05, 4.69) is 15.5 Å². The molecule has 3 rings (SSSR count). The Kier molecular flexibility index (Phi) is 4.01. The molecule has 2 N–H and O–H groups in total. The van der Waals surface area contributed by atoms with Crippen LogP contribution in [0.2, 0.25) is 0 Å². The zero-order valence-electron chi connectivity index (χ0n) is 12.1. The summed E-state index contributed by atoms with van der Waals surface area (Å²) in [5.74, 6) is -0.142. The first-order valence-corrected chi connectivity index (χ1v) is 7.24. The summed E-state index contributed by atoms with van der Waals surface area (Å²) in [5.41, 5.74) is 3.44. The molecule has 1 saturated heterocycles. The molecule has 5 heteroatoms. The lowest BCUT2D eigenvalue weighted by molar-refractivity contribution is 0.0853. The van der Waals surface area contributed by atoms with Gasteiger partial charge in [-0.15, -0.1) is 0 Å². The first-order chi connectivity index (χ1) is 10.2. The van der Waals surface area contributed by atoms with Gasteiger partial charge in [0.25, 0.3) is 5.91 Å². The number of amides is 1. The SMILES string of the molecule is Cc1ccc(-c2cc(C(=O)NC[C@H]3CCCO3)[nH]n2)cc1. The first kappa shape index (κ1) is 13.8. The normalized spacial score (nSPS) is 17.9. The number of aryl methyl sites for hydroxylation is 1. The lowest BCUT2D eigenvalue weighted by Gasteiger charge is -2.09. The molecule has 5 nitrogen and oxygen atoms in total. The smallest absolute Gasteiger partial charge is 0.269 e. The second kappa shape index (κ2) is 6.10. The summed E-state index contributed by atoms with van der Waals surface area (Å²) < 4.78 is 5.48. The van der Waals surface area contributed by atoms with Crippen LogP contribution in [0, 0.1) is 6.92 Å². The topological polar surface area (TPSA) is 67.0 Å². The van der Waals surface area contributed by atoms with Gasteiger partial charge in [0.1, 0.15) is 5.69 Å². The standard InChI is InChI=1S/C16H19N3O2/c1-11-4-6-12(7-5-11)14-9-15(19-18-14)16(20)17-10-13-3-2-8-21-13/h4-7,9,13H,2-3,8,10H2,1H3,(H,17,20)(H,18,19)/t13-/m1/s1. The molecule has 0 aliphatic carbocycles. The number of hydrogen-bond acceptors (Lipinski definition) is 3. The Hall–Kier alpha value is -2.14. The minimum atomic E-state index is -0.142. The molecule has 0 bridgehead atoms. The van der Waals surface area contributed by atoms with Gasteiger partial charge in [0, 0.05) is 18.7 Å². The van der Waals surface area contributed by atoms with E-state index in [0.717, 1.165) is 30.7 Å². The van der Waals surface area contributed by atoms with Gasteiger partial charge in [0.15, 0.2) is 0 Å². The number of carbonyl (C=O) groups is 1. The van der Waals surface area contributed by atoms with Crippen molar-refractivity contribution in [2.75, 3.05) is 13.2 Å². The van der Waals surface area contributed by atoms with Crippen molar-refractivity contribution in [3.05, 3.63) is 41.6 Å². The molecule has 0 radical (unpaired) electrons. The number of nitrogens with one attached hydrogen (secondary N) is 2. The first-order valence-electron chi connectivity index (χ1n) is 7.24. The number of carbonyl (C=O) groups excluding carboxylic acids is 1. The zero-order valence-corrected chi connectivity index (χ0v) is 12.1. The van der Waals surface area contributed by atoms with Crippen molar-refractivity contribution < 1.29 is 9.53 Å². The molecular formula is C16H19N3O2. The molecule has 1 atom stereocenters. The second-order valence-electron chi connectivity index (χ2n) is 5.38. The van der Waals surface area contributed by atoms with Gasteiger partial charge in [-0.2, -0.15) is 5.10 Å². The van der Waals surface area contributed by atoms with Crippen molar-refractivity contribution in [1.29, 1.82) is 0 Å². The van der Waals surface area contributed by atoms with Gasteiger partial charge in [0.05, 0.1) is 11.8 Å². The molecule has 0 saturated carbocycles. The van der Waals surface area contributed by atoms with Crippen LogP contribution in [0.5, 0.6) is 0 Å². The van der Waals surface area contributed by atoms with E-state index in [1.165, 1.54) is 5.56 Å². The van der Waals surface area contributed by atoms with Crippen LogP contribution in [0.3, 0.4) is 0 Å². The van der Waals surface area contributed by atoms with E-state index in [9.17, 15) is 4.79 Å². The molecule has 2 heterocycles. The van der Waals surface area contributed by atoms with Crippen LogP contribution in [0.1, 0.15) is 28.9 Å². The van der Waals surface area contributed by atoms with E-state index in [0.29, 0.717) is 12.2 Å². The van der Waals surface area contributed by atoms with Crippen molar-refractivity contribution in [3.8, 4) is 11.3 Å². The number of aromatic nitrogens is 2. The average Bonchev–Trinajstić information content (AvgIpc) is 3.17. The van der Waals surface area contributed by atoms with Gasteiger partial charge in [-0.05, 0) is 25.8 Å². The quantitative estimate of drug-likeness (QED) is 0.905. The summed E-state index contributed by atoms with van der Waals surface area (Å²) in [4.78, 5) is 12.1. The third kappa shape index (κ3) is 3.31. The van der Waals surface area contributed by atoms with Crippen molar-refractivity contribution in [1.82, 2.24) is 15.5 Å². The summed E-state index contributed by atoms with van der Waals surface area (Å²) >= 11 is 0. The van der Waals surface area contributed by atoms with E-state index >= 15 is 0 Å². The number of aromatic amines is 1. The van der Waals surface area contributed by atoms with Crippen LogP contribution >= 0.6 is 0 Å². The lowest BCUT2D eigenvalue weighted by atomic mass is 10.1. The highest BCUT2D eigenvalue weighted by atomic mass is 16.5. The van der Waals surface area contributed by atoms with Crippen LogP contribution in [-0.4, -0.2) is 35.4 Å². The summed E-state index contributed by atoms with van der Waals surface area (Å²) in [7, 11) is 0. The van der Waals surface area contributed by atoms with E-state index < -0.39 is 0 Å². The number of rotatable bonds is 4. The van der Waals surface area contributed by atoms with Crippen LogP contribution in [0.15, 0.2) is 30.3 Å². The van der Waals surface area contributed by atoms with Gasteiger partial charge >= 0.3 is 0 Å². The van der Waals surface area contributed by atoms with E-state index in [-0.39, 0.29) is 12.0 Å². The van der Waals surface area contributed by atoms with E-state index in [4.69, 9.17) is 4.74 Å². The molecule has 1 amide bonds. The Bertz CT molecular complexity index is 613. The van der Waals surface area contributed by atoms with Gasteiger partial charge in [-0.25, -0.2) is 0 Å². The maximum Gasteiger partial charge on any atom is 0.269 e. The van der Waals surface area contributed by atoms with Gasteiger partial charge in [0.2, 0.25) is 0 Å². The van der Waals surface area contributed by atoms with Crippen molar-refractivity contribution in [2.45, 2.75) is 25.9 Å². The number of ether oxygens (including phenoxy) is 1. The molecule has 1 aromatic heterocycles. The Labute approximate surface area is 123 Å². The summed E-state index contributed by atoms with van der Waals surface area (Å²) in [6.45, 7) is 3.39. The molecule has 1 aromatic carbocycles. The van der Waals surface area contributed by atoms with Crippen LogP contribution in [0.4, 0.5) is 0 Å². The monoisotopic (exact) mass is 285 g/mol. The maximum absolute atomic E-state index is 12.1. The minimum Gasteiger partial charge on any atom is -0.376 e.